The highest BCUT2D eigenvalue weighted by Crippen LogP contribution is 2.30. The molecule has 2 aromatic carbocycles. The molecule has 0 bridgehead atoms. The van der Waals surface area contributed by atoms with Gasteiger partial charge in [-0.2, -0.15) is 8.42 Å². The van der Waals surface area contributed by atoms with Crippen molar-refractivity contribution in [1.82, 2.24) is 0 Å². The van der Waals surface area contributed by atoms with Crippen LogP contribution in [0, 0.1) is 0 Å². The van der Waals surface area contributed by atoms with E-state index in [1.54, 1.807) is 6.92 Å². The van der Waals surface area contributed by atoms with Crippen LogP contribution in [0.15, 0.2) is 35.2 Å². The van der Waals surface area contributed by atoms with Crippen LogP contribution in [0.2, 0.25) is 0 Å². The van der Waals surface area contributed by atoms with Gasteiger partial charge in [-0.15, -0.1) is 0 Å². The van der Waals surface area contributed by atoms with Gasteiger partial charge in [-0.1, -0.05) is 0 Å². The Morgan fingerprint density at radius 1 is 1.29 bits per heavy atom. The number of aromatic hydroxyl groups is 1. The SMILES string of the molecule is CCOC(=O)Nc1ccc2c(O)cc(S(=O)(=O)O)cc2c1. The van der Waals surface area contributed by atoms with Crippen LogP contribution < -0.4 is 5.32 Å². The summed E-state index contributed by atoms with van der Waals surface area (Å²) in [5.41, 5.74) is 0.368. The lowest BCUT2D eigenvalue weighted by atomic mass is 10.1. The smallest absolute Gasteiger partial charge is 0.411 e. The Hall–Kier alpha value is -2.32. The Morgan fingerprint density at radius 2 is 2.00 bits per heavy atom. The molecule has 0 radical (unpaired) electrons. The summed E-state index contributed by atoms with van der Waals surface area (Å²) in [6.07, 6.45) is -0.646. The zero-order valence-electron chi connectivity index (χ0n) is 11.0. The Kier molecular flexibility index (Phi) is 4.01. The lowest BCUT2D eigenvalue weighted by Crippen LogP contribution is -2.13. The molecule has 0 saturated carbocycles. The molecule has 0 heterocycles. The first kappa shape index (κ1) is 15.1. The van der Waals surface area contributed by atoms with Crippen molar-refractivity contribution in [3.63, 3.8) is 0 Å². The number of phenolic OH excluding ortho intramolecular Hbond substituents is 1. The van der Waals surface area contributed by atoms with E-state index in [4.69, 9.17) is 9.29 Å². The Balaban J connectivity index is 2.48. The lowest BCUT2D eigenvalue weighted by molar-refractivity contribution is 0.168. The standard InChI is InChI=1S/C13H13NO6S/c1-2-20-13(16)14-9-3-4-11-8(5-9)6-10(7-12(11)15)21(17,18)19/h3-7,15H,2H2,1H3,(H,14,16)(H,17,18,19). The second kappa shape index (κ2) is 5.58. The quantitative estimate of drug-likeness (QED) is 0.750. The molecule has 2 rings (SSSR count). The van der Waals surface area contributed by atoms with Crippen molar-refractivity contribution >= 4 is 32.7 Å². The van der Waals surface area contributed by atoms with Crippen LogP contribution in [0.3, 0.4) is 0 Å². The number of benzene rings is 2. The van der Waals surface area contributed by atoms with E-state index in [-0.39, 0.29) is 12.4 Å². The van der Waals surface area contributed by atoms with Gasteiger partial charge < -0.3 is 9.84 Å². The summed E-state index contributed by atoms with van der Waals surface area (Å²) < 4.78 is 36.0. The molecule has 0 aliphatic carbocycles. The van der Waals surface area contributed by atoms with E-state index in [2.05, 4.69) is 5.32 Å². The van der Waals surface area contributed by atoms with Crippen molar-refractivity contribution in [3.05, 3.63) is 30.3 Å². The Morgan fingerprint density at radius 3 is 2.62 bits per heavy atom. The monoisotopic (exact) mass is 311 g/mol. The highest BCUT2D eigenvalue weighted by molar-refractivity contribution is 7.85. The van der Waals surface area contributed by atoms with Gasteiger partial charge in [-0.3, -0.25) is 9.87 Å². The number of fused-ring (bicyclic) bond motifs is 1. The maximum atomic E-state index is 11.3. The van der Waals surface area contributed by atoms with Crippen LogP contribution in [-0.4, -0.2) is 30.8 Å². The Labute approximate surface area is 120 Å². The molecule has 0 fully saturated rings. The molecule has 0 atom stereocenters. The topological polar surface area (TPSA) is 113 Å². The molecule has 0 spiro atoms. The maximum Gasteiger partial charge on any atom is 0.411 e. The van der Waals surface area contributed by atoms with Gasteiger partial charge in [0.2, 0.25) is 0 Å². The summed E-state index contributed by atoms with van der Waals surface area (Å²) in [5, 5.41) is 13.0. The van der Waals surface area contributed by atoms with Crippen LogP contribution in [0.1, 0.15) is 6.92 Å². The minimum atomic E-state index is -4.43. The molecule has 21 heavy (non-hydrogen) atoms. The van der Waals surface area contributed by atoms with E-state index in [0.29, 0.717) is 16.5 Å². The molecular formula is C13H13NO6S. The number of phenols is 1. The summed E-state index contributed by atoms with van der Waals surface area (Å²) in [5.74, 6) is -0.289. The molecule has 2 aromatic rings. The summed E-state index contributed by atoms with van der Waals surface area (Å²) in [4.78, 5) is 10.9. The van der Waals surface area contributed by atoms with Crippen molar-refractivity contribution < 1.29 is 27.6 Å². The number of amides is 1. The van der Waals surface area contributed by atoms with Gasteiger partial charge in [0, 0.05) is 17.1 Å². The van der Waals surface area contributed by atoms with E-state index < -0.39 is 21.1 Å². The van der Waals surface area contributed by atoms with Crippen LogP contribution in [0.4, 0.5) is 10.5 Å². The van der Waals surface area contributed by atoms with E-state index >= 15 is 0 Å². The second-order valence-electron chi connectivity index (χ2n) is 4.20. The minimum absolute atomic E-state index is 0.215. The highest BCUT2D eigenvalue weighted by atomic mass is 32.2. The number of nitrogens with one attached hydrogen (secondary N) is 1. The van der Waals surface area contributed by atoms with Crippen LogP contribution in [0.25, 0.3) is 10.8 Å². The molecule has 0 aliphatic heterocycles. The van der Waals surface area contributed by atoms with Gasteiger partial charge in [-0.25, -0.2) is 4.79 Å². The van der Waals surface area contributed by atoms with Gasteiger partial charge in [0.25, 0.3) is 10.1 Å². The number of hydrogen-bond donors (Lipinski definition) is 3. The van der Waals surface area contributed by atoms with Crippen molar-refractivity contribution in [3.8, 4) is 5.75 Å². The van der Waals surface area contributed by atoms with E-state index in [0.717, 1.165) is 6.07 Å². The molecule has 0 saturated heterocycles. The van der Waals surface area contributed by atoms with Crippen molar-refractivity contribution in [2.24, 2.45) is 0 Å². The Bertz CT molecular complexity index is 800. The molecule has 0 aromatic heterocycles. The number of anilines is 1. The molecule has 1 amide bonds. The molecule has 8 heteroatoms. The summed E-state index contributed by atoms with van der Waals surface area (Å²) >= 11 is 0. The summed E-state index contributed by atoms with van der Waals surface area (Å²) in [6.45, 7) is 1.88. The lowest BCUT2D eigenvalue weighted by Gasteiger charge is -2.08. The fourth-order valence-electron chi connectivity index (χ4n) is 1.83. The molecule has 7 nitrogen and oxygen atoms in total. The number of ether oxygens (including phenoxy) is 1. The van der Waals surface area contributed by atoms with E-state index in [9.17, 15) is 18.3 Å². The van der Waals surface area contributed by atoms with Gasteiger partial charge in [-0.05, 0) is 36.6 Å². The van der Waals surface area contributed by atoms with Gasteiger partial charge in [0.1, 0.15) is 5.75 Å². The minimum Gasteiger partial charge on any atom is -0.507 e. The number of carbonyl (C=O) groups is 1. The maximum absolute atomic E-state index is 11.3. The third-order valence-corrected chi connectivity index (χ3v) is 3.56. The zero-order chi connectivity index (χ0) is 15.6. The number of hydrogen-bond acceptors (Lipinski definition) is 5. The average Bonchev–Trinajstić information content (AvgIpc) is 2.37. The third kappa shape index (κ3) is 3.41. The second-order valence-corrected chi connectivity index (χ2v) is 5.62. The largest absolute Gasteiger partial charge is 0.507 e. The summed E-state index contributed by atoms with van der Waals surface area (Å²) in [7, 11) is -4.43. The normalized spacial score (nSPS) is 11.3. The third-order valence-electron chi connectivity index (χ3n) is 2.72. The summed E-state index contributed by atoms with van der Waals surface area (Å²) in [6, 6.07) is 6.66. The van der Waals surface area contributed by atoms with Gasteiger partial charge >= 0.3 is 6.09 Å². The average molecular weight is 311 g/mol. The van der Waals surface area contributed by atoms with Crippen LogP contribution in [0.5, 0.6) is 5.75 Å². The molecule has 0 aliphatic rings. The first-order valence-corrected chi connectivity index (χ1v) is 7.43. The molecular weight excluding hydrogens is 298 g/mol. The van der Waals surface area contributed by atoms with Crippen molar-refractivity contribution in [2.45, 2.75) is 11.8 Å². The fourth-order valence-corrected chi connectivity index (χ4v) is 2.37. The fraction of sp³-hybridized carbons (Fsp3) is 0.154. The first-order valence-electron chi connectivity index (χ1n) is 5.99. The van der Waals surface area contributed by atoms with Crippen molar-refractivity contribution in [1.29, 1.82) is 0 Å². The van der Waals surface area contributed by atoms with Crippen molar-refractivity contribution in [2.75, 3.05) is 11.9 Å². The predicted molar refractivity (Wildman–Crippen MR) is 76.1 cm³/mol. The first-order chi connectivity index (χ1) is 9.81. The van der Waals surface area contributed by atoms with Gasteiger partial charge in [0.05, 0.1) is 11.5 Å². The predicted octanol–water partition coefficient (Wildman–Crippen LogP) is 2.36. The molecule has 0 unspecified atom stereocenters. The van der Waals surface area contributed by atoms with E-state index in [1.807, 2.05) is 0 Å². The van der Waals surface area contributed by atoms with Crippen LogP contribution in [-0.2, 0) is 14.9 Å². The molecule has 112 valence electrons. The zero-order valence-corrected chi connectivity index (χ0v) is 11.8. The number of rotatable bonds is 3. The van der Waals surface area contributed by atoms with Crippen LogP contribution >= 0.6 is 0 Å². The van der Waals surface area contributed by atoms with Gasteiger partial charge in [0.15, 0.2) is 0 Å². The van der Waals surface area contributed by atoms with E-state index in [1.165, 1.54) is 24.3 Å². The highest BCUT2D eigenvalue weighted by Gasteiger charge is 2.14. The number of carbonyl (C=O) groups excluding carboxylic acids is 1. The molecule has 3 N–H and O–H groups in total.